The molecule has 0 aliphatic rings. The largest absolute Gasteiger partial charge is 0.492 e. The zero-order chi connectivity index (χ0) is 28.8. The minimum Gasteiger partial charge on any atom is -0.492 e. The second-order valence-electron chi connectivity index (χ2n) is 8.22. The van der Waals surface area contributed by atoms with E-state index in [0.29, 0.717) is 11.4 Å². The van der Waals surface area contributed by atoms with Crippen molar-refractivity contribution in [3.05, 3.63) is 64.2 Å². The summed E-state index contributed by atoms with van der Waals surface area (Å²) in [5, 5.41) is 22.6. The average molecular weight is 558 g/mol. The highest BCUT2D eigenvalue weighted by Crippen LogP contribution is 2.18. The number of hydrogen-bond acceptors (Lipinski definition) is 7. The van der Waals surface area contributed by atoms with Crippen LogP contribution in [0.3, 0.4) is 0 Å². The summed E-state index contributed by atoms with van der Waals surface area (Å²) >= 11 is 0. The van der Waals surface area contributed by atoms with Gasteiger partial charge >= 0.3 is 18.2 Å². The number of hydrogen-bond donors (Lipinski definition) is 2. The third-order valence-corrected chi connectivity index (χ3v) is 5.22. The number of nitrogens with one attached hydrogen (secondary N) is 1. The van der Waals surface area contributed by atoms with E-state index in [2.05, 4.69) is 10.1 Å². The third-order valence-electron chi connectivity index (χ3n) is 5.22. The molecule has 0 bridgehead atoms. The van der Waals surface area contributed by atoms with Crippen molar-refractivity contribution in [1.29, 1.82) is 0 Å². The van der Waals surface area contributed by atoms with Gasteiger partial charge in [-0.25, -0.2) is 9.59 Å². The number of nitro benzene ring substituents is 1. The number of urea groups is 1. The first-order valence-corrected chi connectivity index (χ1v) is 12.0. The SMILES string of the molecule is CCOC(Cc1ccc(OCCN(CCCOCC(F)(F)F)C(=O)Nc2ccc([N+](=O)[O-])cc2)cc1)C(=O)O. The van der Waals surface area contributed by atoms with Crippen molar-refractivity contribution in [1.82, 2.24) is 4.90 Å². The Morgan fingerprint density at radius 2 is 1.74 bits per heavy atom. The van der Waals surface area contributed by atoms with Crippen LogP contribution in [0, 0.1) is 10.1 Å². The number of non-ortho nitro benzene ring substituents is 1. The van der Waals surface area contributed by atoms with Crippen LogP contribution in [-0.4, -0.2) is 78.7 Å². The van der Waals surface area contributed by atoms with Crippen molar-refractivity contribution in [2.24, 2.45) is 0 Å². The molecule has 0 aromatic heterocycles. The van der Waals surface area contributed by atoms with Gasteiger partial charge in [-0.2, -0.15) is 13.2 Å². The number of halogens is 3. The molecule has 0 aliphatic heterocycles. The predicted molar refractivity (Wildman–Crippen MR) is 134 cm³/mol. The average Bonchev–Trinajstić information content (AvgIpc) is 2.87. The van der Waals surface area contributed by atoms with E-state index in [0.717, 1.165) is 5.56 Å². The molecule has 0 spiro atoms. The molecule has 214 valence electrons. The quantitative estimate of drug-likeness (QED) is 0.175. The highest BCUT2D eigenvalue weighted by molar-refractivity contribution is 5.89. The van der Waals surface area contributed by atoms with Crippen molar-refractivity contribution in [3.8, 4) is 5.75 Å². The van der Waals surface area contributed by atoms with E-state index in [9.17, 15) is 38.0 Å². The fourth-order valence-corrected chi connectivity index (χ4v) is 3.36. The number of carbonyl (C=O) groups excluding carboxylic acids is 1. The van der Waals surface area contributed by atoms with Crippen molar-refractivity contribution in [3.63, 3.8) is 0 Å². The molecule has 0 saturated heterocycles. The van der Waals surface area contributed by atoms with E-state index in [-0.39, 0.29) is 51.4 Å². The van der Waals surface area contributed by atoms with Gasteiger partial charge in [0.1, 0.15) is 19.0 Å². The van der Waals surface area contributed by atoms with Gasteiger partial charge in [-0.1, -0.05) is 12.1 Å². The number of nitrogens with zero attached hydrogens (tertiary/aromatic N) is 2. The number of anilines is 1. The molecule has 1 unspecified atom stereocenters. The molecule has 39 heavy (non-hydrogen) atoms. The van der Waals surface area contributed by atoms with Crippen LogP contribution in [0.15, 0.2) is 48.5 Å². The van der Waals surface area contributed by atoms with Crippen LogP contribution in [0.1, 0.15) is 18.9 Å². The van der Waals surface area contributed by atoms with Gasteiger partial charge in [-0.15, -0.1) is 0 Å². The molecule has 2 N–H and O–H groups in total. The van der Waals surface area contributed by atoms with E-state index < -0.39 is 35.8 Å². The smallest absolute Gasteiger partial charge is 0.411 e. The molecule has 0 aliphatic carbocycles. The van der Waals surface area contributed by atoms with E-state index in [1.807, 2.05) is 0 Å². The van der Waals surface area contributed by atoms with Crippen LogP contribution in [0.2, 0.25) is 0 Å². The summed E-state index contributed by atoms with van der Waals surface area (Å²) in [5.74, 6) is -0.598. The molecule has 14 heteroatoms. The number of alkyl halides is 3. The molecule has 0 radical (unpaired) electrons. The highest BCUT2D eigenvalue weighted by Gasteiger charge is 2.27. The first kappa shape index (κ1) is 31.3. The zero-order valence-electron chi connectivity index (χ0n) is 21.2. The molecular weight excluding hydrogens is 527 g/mol. The Bertz CT molecular complexity index is 1070. The molecular formula is C25H30F3N3O8. The second-order valence-corrected chi connectivity index (χ2v) is 8.22. The monoisotopic (exact) mass is 557 g/mol. The first-order chi connectivity index (χ1) is 18.5. The Morgan fingerprint density at radius 1 is 1.08 bits per heavy atom. The Labute approximate surface area is 222 Å². The summed E-state index contributed by atoms with van der Waals surface area (Å²) in [5.41, 5.74) is 0.876. The first-order valence-electron chi connectivity index (χ1n) is 12.0. The minimum absolute atomic E-state index is 0.0487. The molecule has 2 aromatic carbocycles. The molecule has 11 nitrogen and oxygen atoms in total. The summed E-state index contributed by atoms with van der Waals surface area (Å²) in [6.45, 7) is 0.547. The van der Waals surface area contributed by atoms with Crippen LogP contribution >= 0.6 is 0 Å². The van der Waals surface area contributed by atoms with Gasteiger partial charge in [0.05, 0.1) is 11.5 Å². The van der Waals surface area contributed by atoms with Gasteiger partial charge in [0.15, 0.2) is 6.10 Å². The number of ether oxygens (including phenoxy) is 3. The number of carbonyl (C=O) groups is 2. The second kappa shape index (κ2) is 15.5. The third kappa shape index (κ3) is 12.0. The molecule has 2 rings (SSSR count). The summed E-state index contributed by atoms with van der Waals surface area (Å²) in [6.07, 6.45) is -5.11. The standard InChI is InChI=1S/C25H30F3N3O8/c1-2-38-22(23(32)33)16-18-4-10-21(11-5-18)39-15-13-30(12-3-14-37-17-25(26,27)28)24(34)29-19-6-8-20(9-7-19)31(35)36/h4-11,22H,2-3,12-17H2,1H3,(H,29,34)(H,32,33). The maximum atomic E-state index is 12.8. The number of amides is 2. The topological polar surface area (TPSA) is 140 Å². The highest BCUT2D eigenvalue weighted by atomic mass is 19.4. The number of nitro groups is 1. The molecule has 1 atom stereocenters. The fourth-order valence-electron chi connectivity index (χ4n) is 3.36. The number of carboxylic acids is 1. The lowest BCUT2D eigenvalue weighted by Crippen LogP contribution is -2.39. The van der Waals surface area contributed by atoms with Crippen LogP contribution in [-0.2, 0) is 20.7 Å². The lowest BCUT2D eigenvalue weighted by atomic mass is 10.1. The molecule has 0 saturated carbocycles. The van der Waals surface area contributed by atoms with E-state index in [4.69, 9.17) is 9.47 Å². The van der Waals surface area contributed by atoms with E-state index in [1.165, 1.54) is 29.2 Å². The Balaban J connectivity index is 1.94. The molecule has 2 aromatic rings. The lowest BCUT2D eigenvalue weighted by Gasteiger charge is -2.23. The van der Waals surface area contributed by atoms with Crippen molar-refractivity contribution in [2.45, 2.75) is 32.0 Å². The van der Waals surface area contributed by atoms with Gasteiger partial charge in [-0.3, -0.25) is 10.1 Å². The lowest BCUT2D eigenvalue weighted by molar-refractivity contribution is -0.384. The van der Waals surface area contributed by atoms with Crippen molar-refractivity contribution < 1.29 is 47.0 Å². The van der Waals surface area contributed by atoms with Crippen LogP contribution < -0.4 is 10.1 Å². The number of aliphatic carboxylic acids is 1. The van der Waals surface area contributed by atoms with Crippen LogP contribution in [0.5, 0.6) is 5.75 Å². The van der Waals surface area contributed by atoms with Gasteiger partial charge < -0.3 is 29.5 Å². The number of carboxylic acid groups (broad SMARTS) is 1. The Kier molecular flexibility index (Phi) is 12.4. The summed E-state index contributed by atoms with van der Waals surface area (Å²) < 4.78 is 52.3. The van der Waals surface area contributed by atoms with Crippen molar-refractivity contribution >= 4 is 23.4 Å². The van der Waals surface area contributed by atoms with Gasteiger partial charge in [0, 0.05) is 44.0 Å². The van der Waals surface area contributed by atoms with Crippen molar-refractivity contribution in [2.75, 3.05) is 44.8 Å². The van der Waals surface area contributed by atoms with Gasteiger partial charge in [0.2, 0.25) is 0 Å². The van der Waals surface area contributed by atoms with Crippen LogP contribution in [0.25, 0.3) is 0 Å². The molecule has 0 fully saturated rings. The maximum absolute atomic E-state index is 12.8. The zero-order valence-corrected chi connectivity index (χ0v) is 21.2. The Hall–Kier alpha value is -3.91. The number of benzene rings is 2. The summed E-state index contributed by atoms with van der Waals surface area (Å²) in [7, 11) is 0. The predicted octanol–water partition coefficient (Wildman–Crippen LogP) is 4.51. The minimum atomic E-state index is -4.45. The van der Waals surface area contributed by atoms with E-state index in [1.54, 1.807) is 31.2 Å². The summed E-state index contributed by atoms with van der Waals surface area (Å²) in [4.78, 5) is 35.6. The maximum Gasteiger partial charge on any atom is 0.411 e. The summed E-state index contributed by atoms with van der Waals surface area (Å²) in [6, 6.07) is 11.3. The fraction of sp³-hybridized carbons (Fsp3) is 0.440. The number of rotatable bonds is 16. The van der Waals surface area contributed by atoms with Gasteiger partial charge in [0.25, 0.3) is 5.69 Å². The van der Waals surface area contributed by atoms with Crippen LogP contribution in [0.4, 0.5) is 29.3 Å². The normalized spacial score (nSPS) is 12.0. The van der Waals surface area contributed by atoms with E-state index >= 15 is 0 Å². The molecule has 2 amide bonds. The Morgan fingerprint density at radius 3 is 2.31 bits per heavy atom. The van der Waals surface area contributed by atoms with Gasteiger partial charge in [-0.05, 0) is 43.2 Å². The molecule has 0 heterocycles.